The number of carbonyl (C=O) groups excluding carboxylic acids is 1. The molecule has 1 saturated heterocycles. The van der Waals surface area contributed by atoms with Gasteiger partial charge in [-0.2, -0.15) is 0 Å². The van der Waals surface area contributed by atoms with Crippen molar-refractivity contribution in [3.05, 3.63) is 28.4 Å². The van der Waals surface area contributed by atoms with Gasteiger partial charge in [-0.1, -0.05) is 0 Å². The largest absolute Gasteiger partial charge is 0.353 e. The lowest BCUT2D eigenvalue weighted by atomic mass is 10.3. The zero-order valence-electron chi connectivity index (χ0n) is 10.1. The van der Waals surface area contributed by atoms with Gasteiger partial charge in [-0.25, -0.2) is 4.98 Å². The van der Waals surface area contributed by atoms with E-state index in [1.807, 2.05) is 4.90 Å². The number of anilines is 1. The molecule has 2 rings (SSSR count). The summed E-state index contributed by atoms with van der Waals surface area (Å²) in [6, 6.07) is 2.83. The Kier molecular flexibility index (Phi) is 3.40. The van der Waals surface area contributed by atoms with E-state index in [0.29, 0.717) is 32.0 Å². The van der Waals surface area contributed by atoms with Crippen molar-refractivity contribution in [1.29, 1.82) is 0 Å². The summed E-state index contributed by atoms with van der Waals surface area (Å²) < 4.78 is 0. The molecule has 0 aliphatic carbocycles. The molecule has 18 heavy (non-hydrogen) atoms. The molecule has 2 heterocycles. The van der Waals surface area contributed by atoms with Gasteiger partial charge >= 0.3 is 0 Å². The molecule has 0 atom stereocenters. The Morgan fingerprint density at radius 3 is 2.61 bits per heavy atom. The van der Waals surface area contributed by atoms with Crippen molar-refractivity contribution in [2.24, 2.45) is 0 Å². The van der Waals surface area contributed by atoms with Crippen LogP contribution in [0.15, 0.2) is 18.3 Å². The summed E-state index contributed by atoms with van der Waals surface area (Å²) in [6.07, 6.45) is 1.44. The van der Waals surface area contributed by atoms with Crippen LogP contribution in [0.5, 0.6) is 0 Å². The van der Waals surface area contributed by atoms with Crippen LogP contribution in [-0.4, -0.2) is 46.9 Å². The first kappa shape index (κ1) is 12.3. The number of piperazine rings is 1. The summed E-state index contributed by atoms with van der Waals surface area (Å²) in [5.74, 6) is 0.647. The van der Waals surface area contributed by atoms with Crippen LogP contribution >= 0.6 is 0 Å². The van der Waals surface area contributed by atoms with Crippen LogP contribution in [0.1, 0.15) is 6.92 Å². The molecule has 0 N–H and O–H groups in total. The van der Waals surface area contributed by atoms with Gasteiger partial charge in [0.15, 0.2) is 0 Å². The molecule has 0 saturated carbocycles. The molecule has 0 bridgehead atoms. The third-order valence-electron chi connectivity index (χ3n) is 2.99. The van der Waals surface area contributed by atoms with E-state index in [1.54, 1.807) is 11.8 Å². The SMILES string of the molecule is CC(=O)N1CCN(c2cc([N+](=O)[O-])ccn2)CC1. The van der Waals surface area contributed by atoms with Crippen LogP contribution in [0.25, 0.3) is 0 Å². The average molecular weight is 250 g/mol. The maximum Gasteiger partial charge on any atom is 0.274 e. The summed E-state index contributed by atoms with van der Waals surface area (Å²) in [7, 11) is 0. The molecule has 1 aliphatic heterocycles. The number of nitrogens with zero attached hydrogens (tertiary/aromatic N) is 4. The minimum atomic E-state index is -0.434. The lowest BCUT2D eigenvalue weighted by Crippen LogP contribution is -2.48. The zero-order chi connectivity index (χ0) is 13.1. The third-order valence-corrected chi connectivity index (χ3v) is 2.99. The Hall–Kier alpha value is -2.18. The first-order chi connectivity index (χ1) is 8.58. The number of pyridine rings is 1. The molecule has 0 spiro atoms. The predicted molar refractivity (Wildman–Crippen MR) is 65.4 cm³/mol. The summed E-state index contributed by atoms with van der Waals surface area (Å²) in [4.78, 5) is 29.3. The van der Waals surface area contributed by atoms with Crippen LogP contribution in [0, 0.1) is 10.1 Å². The van der Waals surface area contributed by atoms with E-state index in [4.69, 9.17) is 0 Å². The van der Waals surface area contributed by atoms with E-state index in [1.165, 1.54) is 18.3 Å². The highest BCUT2D eigenvalue weighted by atomic mass is 16.6. The second kappa shape index (κ2) is 4.99. The Morgan fingerprint density at radius 2 is 2.06 bits per heavy atom. The number of hydrogen-bond donors (Lipinski definition) is 0. The smallest absolute Gasteiger partial charge is 0.274 e. The normalized spacial score (nSPS) is 15.6. The molecule has 1 aliphatic rings. The number of hydrogen-bond acceptors (Lipinski definition) is 5. The molecule has 7 nitrogen and oxygen atoms in total. The highest BCUT2D eigenvalue weighted by molar-refractivity contribution is 5.73. The lowest BCUT2D eigenvalue weighted by molar-refractivity contribution is -0.384. The molecule has 0 unspecified atom stereocenters. The summed E-state index contributed by atoms with van der Waals surface area (Å²) in [5.41, 5.74) is 0.0361. The topological polar surface area (TPSA) is 79.6 Å². The molecular formula is C11H14N4O3. The molecule has 1 aromatic rings. The maximum atomic E-state index is 11.2. The number of carbonyl (C=O) groups is 1. The van der Waals surface area contributed by atoms with E-state index < -0.39 is 4.92 Å². The van der Waals surface area contributed by atoms with Crippen molar-refractivity contribution >= 4 is 17.4 Å². The number of rotatable bonds is 2. The minimum absolute atomic E-state index is 0.0361. The van der Waals surface area contributed by atoms with Crippen molar-refractivity contribution in [1.82, 2.24) is 9.88 Å². The Morgan fingerprint density at radius 1 is 1.39 bits per heavy atom. The number of nitro groups is 1. The van der Waals surface area contributed by atoms with Gasteiger partial charge in [-0.3, -0.25) is 14.9 Å². The summed E-state index contributed by atoms with van der Waals surface area (Å²) in [5, 5.41) is 10.7. The first-order valence-electron chi connectivity index (χ1n) is 5.69. The monoisotopic (exact) mass is 250 g/mol. The number of aromatic nitrogens is 1. The van der Waals surface area contributed by atoms with Crippen LogP contribution in [0.3, 0.4) is 0 Å². The summed E-state index contributed by atoms with van der Waals surface area (Å²) in [6.45, 7) is 4.09. The third kappa shape index (κ3) is 2.55. The van der Waals surface area contributed by atoms with Gasteiger partial charge in [0.05, 0.1) is 11.0 Å². The van der Waals surface area contributed by atoms with Gasteiger partial charge in [0.2, 0.25) is 5.91 Å². The van der Waals surface area contributed by atoms with Crippen molar-refractivity contribution in [3.63, 3.8) is 0 Å². The predicted octanol–water partition coefficient (Wildman–Crippen LogP) is 0.658. The fraction of sp³-hybridized carbons (Fsp3) is 0.455. The maximum absolute atomic E-state index is 11.2. The van der Waals surface area contributed by atoms with Gasteiger partial charge in [0.1, 0.15) is 5.82 Å². The van der Waals surface area contributed by atoms with E-state index in [0.717, 1.165) is 0 Å². The van der Waals surface area contributed by atoms with Crippen LogP contribution in [0.4, 0.5) is 11.5 Å². The highest BCUT2D eigenvalue weighted by Gasteiger charge is 2.20. The Balaban J connectivity index is 2.07. The van der Waals surface area contributed by atoms with Gasteiger partial charge in [-0.15, -0.1) is 0 Å². The Bertz CT molecular complexity index is 469. The quantitative estimate of drug-likeness (QED) is 0.569. The van der Waals surface area contributed by atoms with Gasteiger partial charge in [0.25, 0.3) is 5.69 Å². The molecule has 1 aromatic heterocycles. The molecule has 0 radical (unpaired) electrons. The minimum Gasteiger partial charge on any atom is -0.353 e. The standard InChI is InChI=1S/C11H14N4O3/c1-9(16)13-4-6-14(7-5-13)11-8-10(15(17)18)2-3-12-11/h2-3,8H,4-7H2,1H3. The fourth-order valence-electron chi connectivity index (χ4n) is 1.94. The van der Waals surface area contributed by atoms with Crippen LogP contribution in [0.2, 0.25) is 0 Å². The van der Waals surface area contributed by atoms with Gasteiger partial charge < -0.3 is 9.80 Å². The van der Waals surface area contributed by atoms with Crippen molar-refractivity contribution in [3.8, 4) is 0 Å². The van der Waals surface area contributed by atoms with E-state index >= 15 is 0 Å². The van der Waals surface area contributed by atoms with E-state index in [-0.39, 0.29) is 11.6 Å². The molecule has 0 aromatic carbocycles. The van der Waals surface area contributed by atoms with Crippen LogP contribution in [-0.2, 0) is 4.79 Å². The van der Waals surface area contributed by atoms with Crippen molar-refractivity contribution in [2.75, 3.05) is 31.1 Å². The van der Waals surface area contributed by atoms with Gasteiger partial charge in [-0.05, 0) is 0 Å². The molecule has 1 amide bonds. The molecule has 7 heteroatoms. The Labute approximate surface area is 104 Å². The molecular weight excluding hydrogens is 236 g/mol. The van der Waals surface area contributed by atoms with Crippen molar-refractivity contribution < 1.29 is 9.72 Å². The van der Waals surface area contributed by atoms with E-state index in [2.05, 4.69) is 4.98 Å². The molecule has 1 fully saturated rings. The van der Waals surface area contributed by atoms with Gasteiger partial charge in [0, 0.05) is 45.4 Å². The summed E-state index contributed by atoms with van der Waals surface area (Å²) >= 11 is 0. The highest BCUT2D eigenvalue weighted by Crippen LogP contribution is 2.19. The number of amides is 1. The lowest BCUT2D eigenvalue weighted by Gasteiger charge is -2.34. The van der Waals surface area contributed by atoms with E-state index in [9.17, 15) is 14.9 Å². The zero-order valence-corrected chi connectivity index (χ0v) is 10.1. The average Bonchev–Trinajstić information content (AvgIpc) is 2.39. The second-order valence-electron chi connectivity index (χ2n) is 4.12. The van der Waals surface area contributed by atoms with Crippen LogP contribution < -0.4 is 4.90 Å². The second-order valence-corrected chi connectivity index (χ2v) is 4.12. The fourth-order valence-corrected chi connectivity index (χ4v) is 1.94. The first-order valence-corrected chi connectivity index (χ1v) is 5.69. The van der Waals surface area contributed by atoms with Crippen molar-refractivity contribution in [2.45, 2.75) is 6.92 Å². The molecule has 96 valence electrons.